The Labute approximate surface area is 210 Å². The first-order valence-corrected chi connectivity index (χ1v) is 12.7. The summed E-state index contributed by atoms with van der Waals surface area (Å²) in [4.78, 5) is 0. The Hall–Kier alpha value is -4.36. The van der Waals surface area contributed by atoms with E-state index in [0.29, 0.717) is 0 Å². The summed E-state index contributed by atoms with van der Waals surface area (Å²) in [5.41, 5.74) is 9.32. The molecule has 0 radical (unpaired) electrons. The van der Waals surface area contributed by atoms with Gasteiger partial charge in [0, 0.05) is 27.1 Å². The van der Waals surface area contributed by atoms with Crippen molar-refractivity contribution in [3.05, 3.63) is 126 Å². The molecule has 0 saturated carbocycles. The molecule has 0 fully saturated rings. The van der Waals surface area contributed by atoms with Gasteiger partial charge in [-0.25, -0.2) is 0 Å². The minimum Gasteiger partial charge on any atom is -0.308 e. The zero-order valence-corrected chi connectivity index (χ0v) is 20.4. The number of fused-ring (bicyclic) bond motifs is 11. The molecule has 170 valence electrons. The average molecular weight is 460 g/mol. The average Bonchev–Trinajstić information content (AvgIpc) is 3.38. The summed E-state index contributed by atoms with van der Waals surface area (Å²) in [6.07, 6.45) is 0. The van der Waals surface area contributed by atoms with Gasteiger partial charge in [0.2, 0.25) is 0 Å². The summed E-state index contributed by atoms with van der Waals surface area (Å²) >= 11 is 0. The van der Waals surface area contributed by atoms with Crippen LogP contribution in [-0.4, -0.2) is 4.57 Å². The lowest BCUT2D eigenvalue weighted by atomic mass is 9.79. The molecule has 1 aliphatic rings. The highest BCUT2D eigenvalue weighted by Gasteiger charge is 2.39. The standard InChI is InChI=1S/C35H25N/c1-35(2)28-19-9-7-17-26(28)32-33(35)25-16-6-5-15-24(25)31-27-18-8-10-20-30(27)36(34(31)32)29-21-11-13-22-12-3-4-14-23(22)29/h3-21H,1-2H3. The molecular weight excluding hydrogens is 434 g/mol. The molecule has 0 unspecified atom stereocenters. The van der Waals surface area contributed by atoms with Crippen LogP contribution < -0.4 is 0 Å². The van der Waals surface area contributed by atoms with Gasteiger partial charge < -0.3 is 4.57 Å². The third-order valence-corrected chi connectivity index (χ3v) is 8.33. The van der Waals surface area contributed by atoms with Gasteiger partial charge in [-0.3, -0.25) is 0 Å². The number of aromatic nitrogens is 1. The van der Waals surface area contributed by atoms with Crippen LogP contribution >= 0.6 is 0 Å². The van der Waals surface area contributed by atoms with Crippen LogP contribution in [-0.2, 0) is 5.41 Å². The second-order valence-electron chi connectivity index (χ2n) is 10.5. The minimum atomic E-state index is -0.0836. The van der Waals surface area contributed by atoms with E-state index in [-0.39, 0.29) is 5.41 Å². The van der Waals surface area contributed by atoms with Gasteiger partial charge in [-0.1, -0.05) is 117 Å². The largest absolute Gasteiger partial charge is 0.308 e. The number of nitrogens with zero attached hydrogens (tertiary/aromatic N) is 1. The van der Waals surface area contributed by atoms with Gasteiger partial charge in [-0.2, -0.15) is 0 Å². The van der Waals surface area contributed by atoms with Crippen LogP contribution in [0.3, 0.4) is 0 Å². The van der Waals surface area contributed by atoms with Gasteiger partial charge in [0.25, 0.3) is 0 Å². The molecule has 0 aliphatic heterocycles. The lowest BCUT2D eigenvalue weighted by Crippen LogP contribution is -2.15. The molecule has 0 N–H and O–H groups in total. The van der Waals surface area contributed by atoms with E-state index in [1.165, 1.54) is 71.3 Å². The van der Waals surface area contributed by atoms with Crippen molar-refractivity contribution in [2.45, 2.75) is 19.3 Å². The van der Waals surface area contributed by atoms with E-state index in [1.807, 2.05) is 0 Å². The molecule has 0 atom stereocenters. The first-order chi connectivity index (χ1) is 17.7. The van der Waals surface area contributed by atoms with Crippen molar-refractivity contribution >= 4 is 43.4 Å². The summed E-state index contributed by atoms with van der Waals surface area (Å²) in [7, 11) is 0. The lowest BCUT2D eigenvalue weighted by Gasteiger charge is -2.24. The summed E-state index contributed by atoms with van der Waals surface area (Å²) < 4.78 is 2.54. The van der Waals surface area contributed by atoms with Crippen molar-refractivity contribution in [1.82, 2.24) is 4.57 Å². The fourth-order valence-electron chi connectivity index (χ4n) is 6.87. The highest BCUT2D eigenvalue weighted by atomic mass is 15.0. The Balaban J connectivity index is 1.72. The van der Waals surface area contributed by atoms with Crippen molar-refractivity contribution < 1.29 is 0 Å². The van der Waals surface area contributed by atoms with Crippen LogP contribution in [0.4, 0.5) is 0 Å². The van der Waals surface area contributed by atoms with Crippen LogP contribution in [0, 0.1) is 0 Å². The summed E-state index contributed by atoms with van der Waals surface area (Å²) in [5.74, 6) is 0. The highest BCUT2D eigenvalue weighted by Crippen LogP contribution is 2.56. The number of benzene rings is 6. The van der Waals surface area contributed by atoms with Gasteiger partial charge in [0.15, 0.2) is 0 Å². The Morgan fingerprint density at radius 3 is 2.06 bits per heavy atom. The third kappa shape index (κ3) is 2.35. The van der Waals surface area contributed by atoms with Crippen molar-refractivity contribution in [2.24, 2.45) is 0 Å². The van der Waals surface area contributed by atoms with E-state index in [4.69, 9.17) is 0 Å². The molecule has 1 aliphatic carbocycles. The minimum absolute atomic E-state index is 0.0836. The maximum atomic E-state index is 2.54. The molecule has 1 heterocycles. The van der Waals surface area contributed by atoms with Gasteiger partial charge in [0.1, 0.15) is 0 Å². The number of hydrogen-bond donors (Lipinski definition) is 0. The second-order valence-corrected chi connectivity index (χ2v) is 10.5. The molecule has 0 spiro atoms. The van der Waals surface area contributed by atoms with E-state index in [2.05, 4.69) is 134 Å². The van der Waals surface area contributed by atoms with E-state index in [1.54, 1.807) is 0 Å². The molecule has 7 aromatic rings. The normalized spacial score (nSPS) is 14.1. The fraction of sp³-hybridized carbons (Fsp3) is 0.0857. The van der Waals surface area contributed by atoms with Gasteiger partial charge in [-0.05, 0) is 45.0 Å². The zero-order valence-electron chi connectivity index (χ0n) is 20.4. The molecule has 1 heteroatoms. The smallest absolute Gasteiger partial charge is 0.0629 e. The predicted octanol–water partition coefficient (Wildman–Crippen LogP) is 9.40. The SMILES string of the molecule is CC1(C)c2ccccc2-c2c1c1ccccc1c1c3ccccc3n(-c3cccc4ccccc34)c21. The molecule has 6 aromatic carbocycles. The molecule has 1 aromatic heterocycles. The summed E-state index contributed by atoms with van der Waals surface area (Å²) in [6, 6.07) is 42.4. The monoisotopic (exact) mass is 459 g/mol. The molecular formula is C35H25N. The number of para-hydroxylation sites is 1. The molecule has 0 amide bonds. The van der Waals surface area contributed by atoms with Crippen molar-refractivity contribution in [3.63, 3.8) is 0 Å². The lowest BCUT2D eigenvalue weighted by molar-refractivity contribution is 0.666. The van der Waals surface area contributed by atoms with Crippen LogP contribution in [0.5, 0.6) is 0 Å². The topological polar surface area (TPSA) is 4.93 Å². The number of hydrogen-bond acceptors (Lipinski definition) is 0. The Morgan fingerprint density at radius 1 is 0.556 bits per heavy atom. The predicted molar refractivity (Wildman–Crippen MR) is 153 cm³/mol. The van der Waals surface area contributed by atoms with E-state index in [9.17, 15) is 0 Å². The first kappa shape index (κ1) is 19.9. The molecule has 36 heavy (non-hydrogen) atoms. The van der Waals surface area contributed by atoms with Crippen molar-refractivity contribution in [3.8, 4) is 16.8 Å². The second kappa shape index (κ2) is 6.86. The molecule has 1 nitrogen and oxygen atoms in total. The van der Waals surface area contributed by atoms with E-state index in [0.717, 1.165) is 0 Å². The highest BCUT2D eigenvalue weighted by molar-refractivity contribution is 6.27. The van der Waals surface area contributed by atoms with Gasteiger partial charge in [0.05, 0.1) is 16.7 Å². The van der Waals surface area contributed by atoms with Gasteiger partial charge in [-0.15, -0.1) is 0 Å². The van der Waals surface area contributed by atoms with Crippen molar-refractivity contribution in [2.75, 3.05) is 0 Å². The maximum absolute atomic E-state index is 2.54. The first-order valence-electron chi connectivity index (χ1n) is 12.7. The van der Waals surface area contributed by atoms with Crippen LogP contribution in [0.2, 0.25) is 0 Å². The quantitative estimate of drug-likeness (QED) is 0.230. The Bertz CT molecular complexity index is 2010. The van der Waals surface area contributed by atoms with Crippen LogP contribution in [0.25, 0.3) is 60.2 Å². The Morgan fingerprint density at radius 2 is 1.19 bits per heavy atom. The summed E-state index contributed by atoms with van der Waals surface area (Å²) in [5, 5.41) is 7.89. The van der Waals surface area contributed by atoms with E-state index >= 15 is 0 Å². The van der Waals surface area contributed by atoms with Crippen molar-refractivity contribution in [1.29, 1.82) is 0 Å². The van der Waals surface area contributed by atoms with Crippen LogP contribution in [0.1, 0.15) is 25.0 Å². The van der Waals surface area contributed by atoms with Gasteiger partial charge >= 0.3 is 0 Å². The zero-order chi connectivity index (χ0) is 24.0. The fourth-order valence-corrected chi connectivity index (χ4v) is 6.87. The number of rotatable bonds is 1. The third-order valence-electron chi connectivity index (χ3n) is 8.33. The molecule has 0 saturated heterocycles. The molecule has 8 rings (SSSR count). The van der Waals surface area contributed by atoms with E-state index < -0.39 is 0 Å². The maximum Gasteiger partial charge on any atom is 0.0629 e. The van der Waals surface area contributed by atoms with Crippen LogP contribution in [0.15, 0.2) is 115 Å². The summed E-state index contributed by atoms with van der Waals surface area (Å²) in [6.45, 7) is 4.78. The Kier molecular flexibility index (Phi) is 3.79. The molecule has 0 bridgehead atoms.